The third-order valence-corrected chi connectivity index (χ3v) is 6.31. The lowest BCUT2D eigenvalue weighted by molar-refractivity contribution is 0.0857. The van der Waals surface area contributed by atoms with Gasteiger partial charge in [-0.2, -0.15) is 0 Å². The molecule has 1 aromatic rings. The predicted molar refractivity (Wildman–Crippen MR) is 81.7 cm³/mol. The van der Waals surface area contributed by atoms with Gasteiger partial charge in [0.1, 0.15) is 9.84 Å². The molecule has 112 valence electrons. The Morgan fingerprint density at radius 2 is 2.05 bits per heavy atom. The molecule has 2 rings (SSSR count). The Hall–Kier alpha value is -0.580. The first-order valence-corrected chi connectivity index (χ1v) is 9.25. The van der Waals surface area contributed by atoms with Crippen LogP contribution < -0.4 is 0 Å². The summed E-state index contributed by atoms with van der Waals surface area (Å²) in [5.74, 6) is 0.00375. The number of aliphatic hydroxyl groups excluding tert-OH is 1. The molecule has 3 atom stereocenters. The highest BCUT2D eigenvalue weighted by Gasteiger charge is 2.33. The number of hydrogen-bond donors (Lipinski definition) is 1. The maximum Gasteiger partial charge on any atom is 0.150 e. The lowest BCUT2D eigenvalue weighted by Gasteiger charge is -2.31. The maximum absolute atomic E-state index is 11.7. The molecule has 0 aliphatic heterocycles. The zero-order valence-corrected chi connectivity index (χ0v) is 13.4. The molecule has 1 aromatic carbocycles. The van der Waals surface area contributed by atoms with E-state index in [2.05, 4.69) is 0 Å². The van der Waals surface area contributed by atoms with Crippen molar-refractivity contribution in [2.24, 2.45) is 5.92 Å². The summed E-state index contributed by atoms with van der Waals surface area (Å²) in [4.78, 5) is 0. The normalized spacial score (nSPS) is 25.4. The van der Waals surface area contributed by atoms with Crippen molar-refractivity contribution >= 4 is 21.4 Å². The quantitative estimate of drug-likeness (QED) is 0.931. The first-order valence-electron chi connectivity index (χ1n) is 6.92. The third-order valence-electron chi connectivity index (χ3n) is 4.24. The molecule has 3 nitrogen and oxygen atoms in total. The maximum atomic E-state index is 11.7. The molecule has 0 aromatic heterocycles. The number of benzene rings is 1. The zero-order valence-electron chi connectivity index (χ0n) is 11.8. The van der Waals surface area contributed by atoms with Crippen LogP contribution in [0.4, 0.5) is 0 Å². The summed E-state index contributed by atoms with van der Waals surface area (Å²) >= 11 is 5.99. The van der Waals surface area contributed by atoms with Gasteiger partial charge in [-0.3, -0.25) is 0 Å². The Morgan fingerprint density at radius 1 is 1.35 bits per heavy atom. The average molecular weight is 317 g/mol. The molecule has 0 bridgehead atoms. The highest BCUT2D eigenvalue weighted by Crippen LogP contribution is 2.37. The van der Waals surface area contributed by atoms with Crippen molar-refractivity contribution in [1.29, 1.82) is 0 Å². The minimum atomic E-state index is -3.02. The largest absolute Gasteiger partial charge is 0.388 e. The van der Waals surface area contributed by atoms with Crippen molar-refractivity contribution in [2.75, 3.05) is 6.26 Å². The van der Waals surface area contributed by atoms with Gasteiger partial charge in [-0.25, -0.2) is 8.42 Å². The minimum Gasteiger partial charge on any atom is -0.388 e. The molecule has 1 aliphatic carbocycles. The number of aryl methyl sites for hydroxylation is 1. The van der Waals surface area contributed by atoms with Crippen molar-refractivity contribution in [2.45, 2.75) is 44.0 Å². The molecule has 20 heavy (non-hydrogen) atoms. The summed E-state index contributed by atoms with van der Waals surface area (Å²) < 4.78 is 23.4. The van der Waals surface area contributed by atoms with E-state index in [1.54, 1.807) is 6.07 Å². The van der Waals surface area contributed by atoms with E-state index >= 15 is 0 Å². The molecule has 0 spiro atoms. The van der Waals surface area contributed by atoms with E-state index in [4.69, 9.17) is 11.6 Å². The van der Waals surface area contributed by atoms with Crippen LogP contribution >= 0.6 is 11.6 Å². The first kappa shape index (κ1) is 15.8. The van der Waals surface area contributed by atoms with Gasteiger partial charge in [-0.15, -0.1) is 0 Å². The summed E-state index contributed by atoms with van der Waals surface area (Å²) in [6.07, 6.45) is 3.65. The monoisotopic (exact) mass is 316 g/mol. The molecule has 1 aliphatic rings. The highest BCUT2D eigenvalue weighted by atomic mass is 35.5. The van der Waals surface area contributed by atoms with E-state index in [0.29, 0.717) is 17.9 Å². The van der Waals surface area contributed by atoms with Crippen molar-refractivity contribution in [3.63, 3.8) is 0 Å². The van der Waals surface area contributed by atoms with Gasteiger partial charge in [0.05, 0.1) is 11.4 Å². The van der Waals surface area contributed by atoms with Crippen LogP contribution in [0, 0.1) is 12.8 Å². The Morgan fingerprint density at radius 3 is 2.65 bits per heavy atom. The average Bonchev–Trinajstić information content (AvgIpc) is 2.40. The Bertz CT molecular complexity index is 583. The van der Waals surface area contributed by atoms with Crippen LogP contribution in [0.5, 0.6) is 0 Å². The van der Waals surface area contributed by atoms with Gasteiger partial charge in [0, 0.05) is 11.3 Å². The summed E-state index contributed by atoms with van der Waals surface area (Å²) in [6.45, 7) is 1.90. The van der Waals surface area contributed by atoms with E-state index in [9.17, 15) is 13.5 Å². The van der Waals surface area contributed by atoms with Gasteiger partial charge in [0.2, 0.25) is 0 Å². The molecule has 0 amide bonds. The van der Waals surface area contributed by atoms with Gasteiger partial charge in [-0.05, 0) is 49.3 Å². The minimum absolute atomic E-state index is 0.00375. The predicted octanol–water partition coefficient (Wildman–Crippen LogP) is 3.29. The van der Waals surface area contributed by atoms with Crippen molar-refractivity contribution in [1.82, 2.24) is 0 Å². The van der Waals surface area contributed by atoms with E-state index in [-0.39, 0.29) is 11.2 Å². The van der Waals surface area contributed by atoms with Crippen LogP contribution in [-0.4, -0.2) is 25.0 Å². The van der Waals surface area contributed by atoms with Gasteiger partial charge in [0.15, 0.2) is 0 Å². The summed E-state index contributed by atoms with van der Waals surface area (Å²) in [7, 11) is -3.02. The second-order valence-electron chi connectivity index (χ2n) is 5.83. The fraction of sp³-hybridized carbons (Fsp3) is 0.600. The van der Waals surface area contributed by atoms with Crippen LogP contribution in [0.3, 0.4) is 0 Å². The Kier molecular flexibility index (Phi) is 4.77. The number of aliphatic hydroxyl groups is 1. The molecule has 0 radical (unpaired) electrons. The Balaban J connectivity index is 2.16. The molecule has 0 saturated heterocycles. The van der Waals surface area contributed by atoms with Crippen molar-refractivity contribution in [3.8, 4) is 0 Å². The summed E-state index contributed by atoms with van der Waals surface area (Å²) in [6, 6.07) is 5.49. The molecule has 0 heterocycles. The van der Waals surface area contributed by atoms with Crippen LogP contribution in [0.25, 0.3) is 0 Å². The lowest BCUT2D eigenvalue weighted by atomic mass is 9.82. The van der Waals surface area contributed by atoms with E-state index in [1.807, 2.05) is 19.1 Å². The standard InChI is InChI=1S/C15H21ClO3S/c1-10-8-12(6-7-14(10)16)15(17)11-4-3-5-13(9-11)20(2,18)19/h6-8,11,13,15,17H,3-5,9H2,1-2H3. The van der Waals surface area contributed by atoms with E-state index < -0.39 is 15.9 Å². The first-order chi connectivity index (χ1) is 9.29. The Labute approximate surface area is 125 Å². The second-order valence-corrected chi connectivity index (χ2v) is 8.56. The van der Waals surface area contributed by atoms with Gasteiger partial charge in [0.25, 0.3) is 0 Å². The van der Waals surface area contributed by atoms with Crippen molar-refractivity contribution < 1.29 is 13.5 Å². The fourth-order valence-electron chi connectivity index (χ4n) is 2.98. The smallest absolute Gasteiger partial charge is 0.150 e. The second kappa shape index (κ2) is 6.04. The van der Waals surface area contributed by atoms with Crippen LogP contribution in [0.1, 0.15) is 42.9 Å². The van der Waals surface area contributed by atoms with Crippen LogP contribution in [-0.2, 0) is 9.84 Å². The fourth-order valence-corrected chi connectivity index (χ4v) is 4.29. The molecular formula is C15H21ClO3S. The number of halogens is 1. The molecular weight excluding hydrogens is 296 g/mol. The van der Waals surface area contributed by atoms with E-state index in [0.717, 1.165) is 24.0 Å². The van der Waals surface area contributed by atoms with Gasteiger partial charge >= 0.3 is 0 Å². The molecule has 1 N–H and O–H groups in total. The summed E-state index contributed by atoms with van der Waals surface area (Å²) in [5, 5.41) is 10.9. The summed E-state index contributed by atoms with van der Waals surface area (Å²) in [5.41, 5.74) is 1.75. The van der Waals surface area contributed by atoms with Gasteiger partial charge < -0.3 is 5.11 Å². The lowest BCUT2D eigenvalue weighted by Crippen LogP contribution is -2.30. The topological polar surface area (TPSA) is 54.4 Å². The molecule has 1 saturated carbocycles. The molecule has 1 fully saturated rings. The third kappa shape index (κ3) is 3.54. The van der Waals surface area contributed by atoms with Crippen LogP contribution in [0.2, 0.25) is 5.02 Å². The van der Waals surface area contributed by atoms with Crippen molar-refractivity contribution in [3.05, 3.63) is 34.3 Å². The SMILES string of the molecule is Cc1cc(C(O)C2CCCC(S(C)(=O)=O)C2)ccc1Cl. The van der Waals surface area contributed by atoms with Gasteiger partial charge in [-0.1, -0.05) is 30.2 Å². The van der Waals surface area contributed by atoms with E-state index in [1.165, 1.54) is 6.26 Å². The molecule has 3 unspecified atom stereocenters. The highest BCUT2D eigenvalue weighted by molar-refractivity contribution is 7.91. The number of hydrogen-bond acceptors (Lipinski definition) is 3. The van der Waals surface area contributed by atoms with Crippen LogP contribution in [0.15, 0.2) is 18.2 Å². The molecule has 5 heteroatoms. The number of sulfone groups is 1. The number of rotatable bonds is 3. The zero-order chi connectivity index (χ0) is 14.9.